The molecule has 0 aliphatic rings. The molecule has 50 heavy (non-hydrogen) atoms. The predicted octanol–water partition coefficient (Wildman–Crippen LogP) is 14.2. The summed E-state index contributed by atoms with van der Waals surface area (Å²) < 4.78 is 2.68. The summed E-state index contributed by atoms with van der Waals surface area (Å²) in [6.45, 7) is 0. The Morgan fingerprint density at radius 1 is 0.300 bits per heavy atom. The van der Waals surface area contributed by atoms with Gasteiger partial charge in [0.25, 0.3) is 0 Å². The van der Waals surface area contributed by atoms with Gasteiger partial charge in [-0.2, -0.15) is 0 Å². The molecule has 236 valence electrons. The van der Waals surface area contributed by atoms with E-state index in [0.29, 0.717) is 0 Å². The van der Waals surface area contributed by atoms with Gasteiger partial charge in [0.15, 0.2) is 0 Å². The lowest BCUT2D eigenvalue weighted by molar-refractivity contribution is 1.28. The van der Waals surface area contributed by atoms with E-state index in [1.54, 1.807) is 0 Å². The molecule has 1 aromatic heterocycles. The van der Waals surface area contributed by atoms with Gasteiger partial charge in [-0.3, -0.25) is 0 Å². The van der Waals surface area contributed by atoms with E-state index >= 15 is 0 Å². The molecule has 0 aliphatic carbocycles. The van der Waals surface area contributed by atoms with Gasteiger partial charge in [-0.05, 0) is 93.0 Å². The topological polar surface area (TPSA) is 3.24 Å². The molecular formula is C48H33NS. The normalized spacial score (nSPS) is 11.2. The van der Waals surface area contributed by atoms with Gasteiger partial charge in [-0.15, -0.1) is 11.3 Å². The monoisotopic (exact) mass is 655 g/mol. The van der Waals surface area contributed by atoms with Gasteiger partial charge in [0.05, 0.1) is 0 Å². The van der Waals surface area contributed by atoms with Crippen LogP contribution in [0.25, 0.3) is 64.7 Å². The second-order valence-corrected chi connectivity index (χ2v) is 13.6. The van der Waals surface area contributed by atoms with Crippen molar-refractivity contribution < 1.29 is 0 Å². The van der Waals surface area contributed by atoms with Crippen LogP contribution in [0, 0.1) is 0 Å². The first kappa shape index (κ1) is 29.9. The van der Waals surface area contributed by atoms with Gasteiger partial charge < -0.3 is 4.90 Å². The molecule has 0 saturated heterocycles. The van der Waals surface area contributed by atoms with Gasteiger partial charge in [0, 0.05) is 37.2 Å². The molecule has 2 heteroatoms. The molecule has 0 saturated carbocycles. The Morgan fingerprint density at radius 3 is 1.40 bits per heavy atom. The molecule has 0 bridgehead atoms. The molecule has 9 rings (SSSR count). The van der Waals surface area contributed by atoms with Crippen molar-refractivity contribution in [1.29, 1.82) is 0 Å². The van der Waals surface area contributed by atoms with Crippen LogP contribution in [-0.4, -0.2) is 0 Å². The number of para-hydroxylation sites is 1. The fourth-order valence-corrected chi connectivity index (χ4v) is 8.19. The first-order chi connectivity index (χ1) is 24.8. The van der Waals surface area contributed by atoms with Gasteiger partial charge >= 0.3 is 0 Å². The van der Waals surface area contributed by atoms with Crippen molar-refractivity contribution in [3.63, 3.8) is 0 Å². The number of thiophene rings is 1. The van der Waals surface area contributed by atoms with Crippen molar-refractivity contribution in [2.24, 2.45) is 0 Å². The van der Waals surface area contributed by atoms with E-state index in [2.05, 4.69) is 205 Å². The molecule has 1 nitrogen and oxygen atoms in total. The van der Waals surface area contributed by atoms with Crippen molar-refractivity contribution in [3.05, 3.63) is 200 Å². The van der Waals surface area contributed by atoms with E-state index in [9.17, 15) is 0 Å². The average molecular weight is 656 g/mol. The highest BCUT2D eigenvalue weighted by molar-refractivity contribution is 7.26. The van der Waals surface area contributed by atoms with E-state index in [-0.39, 0.29) is 0 Å². The third-order valence-electron chi connectivity index (χ3n) is 9.50. The zero-order valence-electron chi connectivity index (χ0n) is 27.4. The number of hydrogen-bond acceptors (Lipinski definition) is 2. The van der Waals surface area contributed by atoms with Gasteiger partial charge in [0.1, 0.15) is 0 Å². The molecule has 0 spiro atoms. The number of benzene rings is 8. The Labute approximate surface area is 297 Å². The van der Waals surface area contributed by atoms with Crippen LogP contribution in [0.2, 0.25) is 0 Å². The van der Waals surface area contributed by atoms with E-state index in [1.807, 2.05) is 11.3 Å². The second-order valence-electron chi connectivity index (χ2n) is 12.6. The van der Waals surface area contributed by atoms with E-state index in [1.165, 1.54) is 64.7 Å². The lowest BCUT2D eigenvalue weighted by atomic mass is 9.96. The zero-order valence-corrected chi connectivity index (χ0v) is 28.2. The van der Waals surface area contributed by atoms with Crippen molar-refractivity contribution in [2.75, 3.05) is 4.90 Å². The zero-order chi connectivity index (χ0) is 33.3. The number of nitrogens with zero attached hydrogens (tertiary/aromatic N) is 1. The molecule has 0 atom stereocenters. The molecule has 0 radical (unpaired) electrons. The molecule has 1 heterocycles. The maximum atomic E-state index is 2.33. The highest BCUT2D eigenvalue weighted by Gasteiger charge is 2.14. The number of hydrogen-bond donors (Lipinski definition) is 0. The number of anilines is 3. The fourth-order valence-electron chi connectivity index (χ4n) is 6.96. The summed E-state index contributed by atoms with van der Waals surface area (Å²) in [7, 11) is 0. The maximum absolute atomic E-state index is 2.33. The molecule has 0 N–H and O–H groups in total. The predicted molar refractivity (Wildman–Crippen MR) is 216 cm³/mol. The van der Waals surface area contributed by atoms with Crippen LogP contribution in [0.5, 0.6) is 0 Å². The third-order valence-corrected chi connectivity index (χ3v) is 10.7. The quantitative estimate of drug-likeness (QED) is 0.165. The molecular weight excluding hydrogens is 623 g/mol. The summed E-state index contributed by atoms with van der Waals surface area (Å²) in [4.78, 5) is 2.31. The van der Waals surface area contributed by atoms with Crippen molar-refractivity contribution >= 4 is 48.6 Å². The van der Waals surface area contributed by atoms with Gasteiger partial charge in [-0.25, -0.2) is 0 Å². The molecule has 8 aromatic carbocycles. The van der Waals surface area contributed by atoms with E-state index < -0.39 is 0 Å². The van der Waals surface area contributed by atoms with Crippen LogP contribution in [0.3, 0.4) is 0 Å². The SMILES string of the molecule is c1ccc(-c2ccc(N(c3ccccc3)c3ccc(-c4ccc(-c5cccc(-c6cccc7c6sc6ccccc67)c5)cc4)cc3)cc2)cc1. The summed E-state index contributed by atoms with van der Waals surface area (Å²) >= 11 is 1.88. The summed E-state index contributed by atoms with van der Waals surface area (Å²) in [6.07, 6.45) is 0. The van der Waals surface area contributed by atoms with Gasteiger partial charge in [-0.1, -0.05) is 152 Å². The lowest BCUT2D eigenvalue weighted by Crippen LogP contribution is -2.09. The van der Waals surface area contributed by atoms with Crippen LogP contribution in [-0.2, 0) is 0 Å². The van der Waals surface area contributed by atoms with Gasteiger partial charge in [0.2, 0.25) is 0 Å². The first-order valence-electron chi connectivity index (χ1n) is 17.0. The Bertz CT molecular complexity index is 2550. The smallest absolute Gasteiger partial charge is 0.0462 e. The lowest BCUT2D eigenvalue weighted by Gasteiger charge is -2.26. The summed E-state index contributed by atoms with van der Waals surface area (Å²) in [6, 6.07) is 72.1. The van der Waals surface area contributed by atoms with Crippen LogP contribution >= 0.6 is 11.3 Å². The first-order valence-corrected chi connectivity index (χ1v) is 17.8. The largest absolute Gasteiger partial charge is 0.311 e. The maximum Gasteiger partial charge on any atom is 0.0462 e. The van der Waals surface area contributed by atoms with Crippen molar-refractivity contribution in [2.45, 2.75) is 0 Å². The Hall–Kier alpha value is -6.22. The molecule has 0 amide bonds. The number of rotatable bonds is 7. The average Bonchev–Trinajstić information content (AvgIpc) is 3.59. The summed E-state index contributed by atoms with van der Waals surface area (Å²) in [5.74, 6) is 0. The Morgan fingerprint density at radius 2 is 0.740 bits per heavy atom. The molecule has 0 aliphatic heterocycles. The van der Waals surface area contributed by atoms with E-state index in [4.69, 9.17) is 0 Å². The summed E-state index contributed by atoms with van der Waals surface area (Å²) in [5, 5.41) is 2.66. The fraction of sp³-hybridized carbons (Fsp3) is 0. The van der Waals surface area contributed by atoms with Crippen molar-refractivity contribution in [1.82, 2.24) is 0 Å². The molecule has 0 fully saturated rings. The van der Waals surface area contributed by atoms with E-state index in [0.717, 1.165) is 17.1 Å². The van der Waals surface area contributed by atoms with Crippen LogP contribution in [0.1, 0.15) is 0 Å². The molecule has 0 unspecified atom stereocenters. The Kier molecular flexibility index (Phi) is 7.77. The number of fused-ring (bicyclic) bond motifs is 3. The van der Waals surface area contributed by atoms with Crippen molar-refractivity contribution in [3.8, 4) is 44.5 Å². The summed E-state index contributed by atoms with van der Waals surface area (Å²) in [5.41, 5.74) is 13.2. The molecule has 9 aromatic rings. The minimum Gasteiger partial charge on any atom is -0.311 e. The third kappa shape index (κ3) is 5.66. The minimum absolute atomic E-state index is 1.12. The van der Waals surface area contributed by atoms with Crippen LogP contribution in [0.15, 0.2) is 200 Å². The Balaban J connectivity index is 0.991. The standard InChI is InChI=1S/C48H33NS/c1-3-11-34(12-4-1)36-25-29-42(30-26-36)49(41-15-5-2-6-16-41)43-31-27-37(28-32-43)35-21-23-38(24-22-35)39-13-9-14-40(33-39)44-18-10-19-46-45-17-7-8-20-47(45)50-48(44)46/h1-33H. The second kappa shape index (κ2) is 13.0. The highest BCUT2D eigenvalue weighted by atomic mass is 32.1. The van der Waals surface area contributed by atoms with Crippen LogP contribution in [0.4, 0.5) is 17.1 Å². The highest BCUT2D eigenvalue weighted by Crippen LogP contribution is 2.41. The minimum atomic E-state index is 1.12. The van der Waals surface area contributed by atoms with Crippen LogP contribution < -0.4 is 4.90 Å².